The summed E-state index contributed by atoms with van der Waals surface area (Å²) in [4.78, 5) is 4.01. The van der Waals surface area contributed by atoms with Crippen molar-refractivity contribution in [2.45, 2.75) is 34.1 Å². The standard InChI is InChI=1S/C9H17N3.C2H3N.C2H6/c1-9(4-5-11(2)3)6-12(7-9)8-10;1-2-3;1-2/h4-7H2,1-3H3;1H3;1-2H3. The lowest BCUT2D eigenvalue weighted by Gasteiger charge is -2.45. The molecule has 0 saturated carbocycles. The average molecular weight is 238 g/mol. The Hall–Kier alpha value is -1.26. The van der Waals surface area contributed by atoms with Crippen LogP contribution in [0.3, 0.4) is 0 Å². The lowest BCUT2D eigenvalue weighted by molar-refractivity contribution is 0.0505. The van der Waals surface area contributed by atoms with Crippen LogP contribution in [0, 0.1) is 28.2 Å². The fourth-order valence-corrected chi connectivity index (χ4v) is 1.60. The molecule has 0 N–H and O–H groups in total. The van der Waals surface area contributed by atoms with E-state index in [-0.39, 0.29) is 0 Å². The summed E-state index contributed by atoms with van der Waals surface area (Å²) in [5.74, 6) is 0. The van der Waals surface area contributed by atoms with Crippen LogP contribution >= 0.6 is 0 Å². The molecule has 1 aliphatic heterocycles. The van der Waals surface area contributed by atoms with E-state index >= 15 is 0 Å². The Bertz CT molecular complexity index is 254. The first-order chi connectivity index (χ1) is 7.97. The second-order valence-corrected chi connectivity index (χ2v) is 4.54. The molecular formula is C13H26N4. The van der Waals surface area contributed by atoms with Crippen molar-refractivity contribution < 1.29 is 0 Å². The van der Waals surface area contributed by atoms with Crippen molar-refractivity contribution in [1.29, 1.82) is 10.5 Å². The number of nitrogens with zero attached hydrogens (tertiary/aromatic N) is 4. The summed E-state index contributed by atoms with van der Waals surface area (Å²) in [6, 6.07) is 1.75. The van der Waals surface area contributed by atoms with Crippen LogP contribution in [-0.4, -0.2) is 43.5 Å². The molecule has 1 fully saturated rings. The van der Waals surface area contributed by atoms with E-state index in [9.17, 15) is 0 Å². The molecule has 0 amide bonds. The van der Waals surface area contributed by atoms with Gasteiger partial charge >= 0.3 is 0 Å². The van der Waals surface area contributed by atoms with Crippen molar-refractivity contribution in [3.05, 3.63) is 0 Å². The van der Waals surface area contributed by atoms with Gasteiger partial charge in [0.25, 0.3) is 0 Å². The number of likely N-dealkylation sites (tertiary alicyclic amines) is 1. The highest BCUT2D eigenvalue weighted by Gasteiger charge is 2.37. The van der Waals surface area contributed by atoms with Gasteiger partial charge in [-0.25, -0.2) is 0 Å². The fourth-order valence-electron chi connectivity index (χ4n) is 1.60. The van der Waals surface area contributed by atoms with E-state index in [2.05, 4.69) is 32.1 Å². The molecule has 4 heteroatoms. The zero-order valence-electron chi connectivity index (χ0n) is 12.1. The van der Waals surface area contributed by atoms with E-state index in [1.165, 1.54) is 13.3 Å². The highest BCUT2D eigenvalue weighted by atomic mass is 15.2. The maximum Gasteiger partial charge on any atom is 0.179 e. The Balaban J connectivity index is 0. The van der Waals surface area contributed by atoms with Crippen molar-refractivity contribution in [3.8, 4) is 12.3 Å². The predicted octanol–water partition coefficient (Wildman–Crippen LogP) is 2.30. The Morgan fingerprint density at radius 2 is 1.65 bits per heavy atom. The monoisotopic (exact) mass is 238 g/mol. The maximum atomic E-state index is 8.56. The van der Waals surface area contributed by atoms with Crippen LogP contribution in [0.5, 0.6) is 0 Å². The number of hydrogen-bond acceptors (Lipinski definition) is 4. The Labute approximate surface area is 106 Å². The summed E-state index contributed by atoms with van der Waals surface area (Å²) in [7, 11) is 4.17. The largest absolute Gasteiger partial charge is 0.309 e. The molecular weight excluding hydrogens is 212 g/mol. The van der Waals surface area contributed by atoms with E-state index in [0.29, 0.717) is 5.41 Å². The van der Waals surface area contributed by atoms with E-state index < -0.39 is 0 Å². The lowest BCUT2D eigenvalue weighted by atomic mass is 9.79. The van der Waals surface area contributed by atoms with Gasteiger partial charge in [-0.1, -0.05) is 20.8 Å². The smallest absolute Gasteiger partial charge is 0.179 e. The van der Waals surface area contributed by atoms with Crippen LogP contribution in [0.4, 0.5) is 0 Å². The number of hydrogen-bond donors (Lipinski definition) is 0. The highest BCUT2D eigenvalue weighted by molar-refractivity contribution is 4.97. The quantitative estimate of drug-likeness (QED) is 0.708. The van der Waals surface area contributed by atoms with Gasteiger partial charge in [0.1, 0.15) is 0 Å². The van der Waals surface area contributed by atoms with Crippen LogP contribution < -0.4 is 0 Å². The minimum Gasteiger partial charge on any atom is -0.309 e. The topological polar surface area (TPSA) is 54.1 Å². The van der Waals surface area contributed by atoms with Gasteiger partial charge in [0.15, 0.2) is 6.19 Å². The molecule has 0 bridgehead atoms. The van der Waals surface area contributed by atoms with Crippen LogP contribution in [0.1, 0.15) is 34.1 Å². The molecule has 0 atom stereocenters. The first-order valence-electron chi connectivity index (χ1n) is 6.07. The zero-order valence-corrected chi connectivity index (χ0v) is 12.1. The molecule has 1 heterocycles. The highest BCUT2D eigenvalue weighted by Crippen LogP contribution is 2.32. The zero-order chi connectivity index (χ0) is 13.9. The second kappa shape index (κ2) is 9.93. The molecule has 17 heavy (non-hydrogen) atoms. The minimum atomic E-state index is 0.389. The Morgan fingerprint density at radius 1 is 1.24 bits per heavy atom. The summed E-state index contributed by atoms with van der Waals surface area (Å²) in [5, 5.41) is 15.9. The van der Waals surface area contributed by atoms with E-state index in [1.54, 1.807) is 6.07 Å². The van der Waals surface area contributed by atoms with Gasteiger partial charge in [0, 0.05) is 25.4 Å². The number of rotatable bonds is 3. The molecule has 98 valence electrons. The minimum absolute atomic E-state index is 0.389. The first kappa shape index (κ1) is 18.1. The van der Waals surface area contributed by atoms with Crippen LogP contribution in [0.15, 0.2) is 0 Å². The third kappa shape index (κ3) is 8.54. The summed E-state index contributed by atoms with van der Waals surface area (Å²) >= 11 is 0. The van der Waals surface area contributed by atoms with Crippen LogP contribution in [-0.2, 0) is 0 Å². The second-order valence-electron chi connectivity index (χ2n) is 4.54. The molecule has 1 saturated heterocycles. The molecule has 0 aromatic rings. The van der Waals surface area contributed by atoms with Crippen molar-refractivity contribution in [2.24, 2.45) is 5.41 Å². The van der Waals surface area contributed by atoms with Crippen LogP contribution in [0.2, 0.25) is 0 Å². The van der Waals surface area contributed by atoms with E-state index in [1.807, 2.05) is 18.7 Å². The average Bonchev–Trinajstić information content (AvgIpc) is 2.26. The molecule has 0 aromatic carbocycles. The summed E-state index contributed by atoms with van der Waals surface area (Å²) < 4.78 is 0. The molecule has 0 spiro atoms. The van der Waals surface area contributed by atoms with Crippen molar-refractivity contribution in [3.63, 3.8) is 0 Å². The number of nitriles is 2. The van der Waals surface area contributed by atoms with Gasteiger partial charge in [0.2, 0.25) is 0 Å². The first-order valence-corrected chi connectivity index (χ1v) is 6.07. The van der Waals surface area contributed by atoms with E-state index in [0.717, 1.165) is 19.6 Å². The van der Waals surface area contributed by atoms with Gasteiger partial charge in [-0.2, -0.15) is 10.5 Å². The predicted molar refractivity (Wildman–Crippen MR) is 71.1 cm³/mol. The van der Waals surface area contributed by atoms with Gasteiger partial charge in [-0.15, -0.1) is 0 Å². The Morgan fingerprint density at radius 3 is 1.94 bits per heavy atom. The Kier molecular flexibility index (Phi) is 10.6. The normalized spacial score (nSPS) is 15.2. The van der Waals surface area contributed by atoms with Crippen molar-refractivity contribution >= 4 is 0 Å². The van der Waals surface area contributed by atoms with Gasteiger partial charge in [0.05, 0.1) is 6.07 Å². The van der Waals surface area contributed by atoms with Gasteiger partial charge in [-0.3, -0.25) is 0 Å². The fraction of sp³-hybridized carbons (Fsp3) is 0.846. The van der Waals surface area contributed by atoms with E-state index in [4.69, 9.17) is 10.5 Å². The molecule has 0 unspecified atom stereocenters. The van der Waals surface area contributed by atoms with Crippen LogP contribution in [0.25, 0.3) is 0 Å². The molecule has 0 aromatic heterocycles. The molecule has 1 rings (SSSR count). The lowest BCUT2D eigenvalue weighted by Crippen LogP contribution is -2.52. The van der Waals surface area contributed by atoms with Crippen molar-refractivity contribution in [1.82, 2.24) is 9.80 Å². The SMILES string of the molecule is CC.CC#N.CN(C)CCC1(C)CN(C#N)C1. The van der Waals surface area contributed by atoms with Crippen molar-refractivity contribution in [2.75, 3.05) is 33.7 Å². The maximum absolute atomic E-state index is 8.56. The summed E-state index contributed by atoms with van der Waals surface area (Å²) in [6.07, 6.45) is 3.36. The van der Waals surface area contributed by atoms with Gasteiger partial charge in [-0.05, 0) is 27.1 Å². The molecule has 1 aliphatic rings. The summed E-state index contributed by atoms with van der Waals surface area (Å²) in [5.41, 5.74) is 0.389. The summed E-state index contributed by atoms with van der Waals surface area (Å²) in [6.45, 7) is 10.7. The molecule has 0 aliphatic carbocycles. The third-order valence-corrected chi connectivity index (χ3v) is 2.45. The molecule has 0 radical (unpaired) electrons. The molecule has 4 nitrogen and oxygen atoms in total. The third-order valence-electron chi connectivity index (χ3n) is 2.45. The van der Waals surface area contributed by atoms with Gasteiger partial charge < -0.3 is 9.80 Å².